The topological polar surface area (TPSA) is 67.6 Å². The molecule has 1 aromatic heterocycles. The van der Waals surface area contributed by atoms with Crippen molar-refractivity contribution in [1.82, 2.24) is 14.7 Å². The Labute approximate surface area is 129 Å². The molecule has 0 atom stereocenters. The number of amides is 1. The Morgan fingerprint density at radius 3 is 2.48 bits per heavy atom. The molecule has 0 aliphatic carbocycles. The van der Waals surface area contributed by atoms with Crippen LogP contribution in [0.25, 0.3) is 0 Å². The lowest BCUT2D eigenvalue weighted by atomic mass is 9.89. The van der Waals surface area contributed by atoms with E-state index in [9.17, 15) is 9.90 Å². The number of aromatic nitrogens is 2. The quantitative estimate of drug-likeness (QED) is 0.905. The van der Waals surface area contributed by atoms with Crippen molar-refractivity contribution >= 4 is 17.7 Å². The van der Waals surface area contributed by atoms with Gasteiger partial charge in [-0.2, -0.15) is 5.10 Å². The lowest BCUT2D eigenvalue weighted by Gasteiger charge is -2.46. The standard InChI is InChI=1S/C14H22ClN3O3/c1-9-11(15)10(17(5)16-9)6-14(20)7-18(8-14)12(19)21-13(2,3)4/h20H,6-8H2,1-5H3. The summed E-state index contributed by atoms with van der Waals surface area (Å²) in [4.78, 5) is 13.4. The molecular weight excluding hydrogens is 294 g/mol. The third-order valence-corrected chi connectivity index (χ3v) is 3.87. The Hall–Kier alpha value is -1.27. The zero-order chi connectivity index (χ0) is 16.0. The number of halogens is 1. The summed E-state index contributed by atoms with van der Waals surface area (Å²) < 4.78 is 6.94. The molecule has 0 spiro atoms. The molecule has 0 saturated carbocycles. The molecule has 1 saturated heterocycles. The smallest absolute Gasteiger partial charge is 0.410 e. The highest BCUT2D eigenvalue weighted by Crippen LogP contribution is 2.30. The summed E-state index contributed by atoms with van der Waals surface area (Å²) in [6.07, 6.45) is -0.0397. The highest BCUT2D eigenvalue weighted by atomic mass is 35.5. The van der Waals surface area contributed by atoms with Crippen molar-refractivity contribution in [3.63, 3.8) is 0 Å². The molecule has 118 valence electrons. The van der Waals surface area contributed by atoms with Crippen LogP contribution in [0.15, 0.2) is 0 Å². The van der Waals surface area contributed by atoms with Gasteiger partial charge >= 0.3 is 6.09 Å². The predicted molar refractivity (Wildman–Crippen MR) is 79.4 cm³/mol. The zero-order valence-corrected chi connectivity index (χ0v) is 13.9. The van der Waals surface area contributed by atoms with E-state index in [4.69, 9.17) is 16.3 Å². The maximum atomic E-state index is 11.9. The van der Waals surface area contributed by atoms with E-state index >= 15 is 0 Å². The number of likely N-dealkylation sites (tertiary alicyclic amines) is 1. The molecule has 1 aliphatic rings. The first-order chi connectivity index (χ1) is 9.51. The molecule has 0 aromatic carbocycles. The van der Waals surface area contributed by atoms with E-state index < -0.39 is 17.3 Å². The van der Waals surface area contributed by atoms with E-state index in [-0.39, 0.29) is 13.1 Å². The molecule has 1 aliphatic heterocycles. The molecule has 7 heteroatoms. The van der Waals surface area contributed by atoms with Crippen molar-refractivity contribution < 1.29 is 14.6 Å². The van der Waals surface area contributed by atoms with Gasteiger partial charge in [-0.05, 0) is 27.7 Å². The minimum atomic E-state index is -0.971. The van der Waals surface area contributed by atoms with Crippen molar-refractivity contribution in [3.8, 4) is 0 Å². The molecule has 21 heavy (non-hydrogen) atoms. The van der Waals surface area contributed by atoms with Gasteiger partial charge in [0.25, 0.3) is 0 Å². The molecule has 1 N–H and O–H groups in total. The van der Waals surface area contributed by atoms with Gasteiger partial charge in [-0.15, -0.1) is 0 Å². The third-order valence-electron chi connectivity index (χ3n) is 3.38. The molecule has 1 amide bonds. The first-order valence-electron chi connectivity index (χ1n) is 6.89. The van der Waals surface area contributed by atoms with Crippen molar-refractivity contribution in [2.75, 3.05) is 13.1 Å². The summed E-state index contributed by atoms with van der Waals surface area (Å²) in [5, 5.41) is 15.3. The van der Waals surface area contributed by atoms with Crippen LogP contribution in [0.3, 0.4) is 0 Å². The van der Waals surface area contributed by atoms with Crippen LogP contribution in [0.5, 0.6) is 0 Å². The van der Waals surface area contributed by atoms with Gasteiger partial charge in [0.2, 0.25) is 0 Å². The largest absolute Gasteiger partial charge is 0.444 e. The van der Waals surface area contributed by atoms with Gasteiger partial charge < -0.3 is 14.7 Å². The second-order valence-corrected chi connectivity index (χ2v) is 7.09. The first-order valence-corrected chi connectivity index (χ1v) is 7.27. The normalized spacial score (nSPS) is 17.6. The van der Waals surface area contributed by atoms with Crippen LogP contribution < -0.4 is 0 Å². The van der Waals surface area contributed by atoms with E-state index in [0.29, 0.717) is 11.4 Å². The Bertz CT molecular complexity index is 557. The number of hydrogen-bond acceptors (Lipinski definition) is 4. The molecule has 2 rings (SSSR count). The summed E-state index contributed by atoms with van der Waals surface area (Å²) in [5.41, 5.74) is 0.00944. The fraction of sp³-hybridized carbons (Fsp3) is 0.714. The van der Waals surface area contributed by atoms with E-state index in [2.05, 4.69) is 5.10 Å². The van der Waals surface area contributed by atoms with E-state index in [1.54, 1.807) is 11.7 Å². The van der Waals surface area contributed by atoms with Crippen LogP contribution in [0.4, 0.5) is 4.79 Å². The number of carbonyl (C=O) groups is 1. The maximum Gasteiger partial charge on any atom is 0.410 e. The van der Waals surface area contributed by atoms with E-state index in [1.807, 2.05) is 27.7 Å². The average Bonchev–Trinajstić information content (AvgIpc) is 2.50. The Kier molecular flexibility index (Phi) is 3.97. The van der Waals surface area contributed by atoms with E-state index in [0.717, 1.165) is 11.4 Å². The fourth-order valence-corrected chi connectivity index (χ4v) is 2.64. The lowest BCUT2D eigenvalue weighted by Crippen LogP contribution is -2.65. The third kappa shape index (κ3) is 3.49. The Balaban J connectivity index is 1.97. The number of aryl methyl sites for hydroxylation is 2. The van der Waals surface area contributed by atoms with Gasteiger partial charge in [-0.3, -0.25) is 4.68 Å². The van der Waals surface area contributed by atoms with Crippen LogP contribution in [0.2, 0.25) is 5.02 Å². The average molecular weight is 316 g/mol. The highest BCUT2D eigenvalue weighted by molar-refractivity contribution is 6.31. The number of rotatable bonds is 2. The number of ether oxygens (including phenoxy) is 1. The van der Waals surface area contributed by atoms with Gasteiger partial charge in [0, 0.05) is 13.5 Å². The maximum absolute atomic E-state index is 11.9. The second kappa shape index (κ2) is 5.18. The summed E-state index contributed by atoms with van der Waals surface area (Å²) >= 11 is 6.19. The monoisotopic (exact) mass is 315 g/mol. The summed E-state index contributed by atoms with van der Waals surface area (Å²) in [7, 11) is 1.79. The summed E-state index contributed by atoms with van der Waals surface area (Å²) in [6.45, 7) is 7.74. The number of β-amino-alcohol motifs (C(OH)–C–C–N with tert-alkyl or cyclic N) is 1. The first kappa shape index (κ1) is 16.1. The van der Waals surface area contributed by atoms with Crippen LogP contribution in [0.1, 0.15) is 32.2 Å². The SMILES string of the molecule is Cc1nn(C)c(CC2(O)CN(C(=O)OC(C)(C)C)C2)c1Cl. The Morgan fingerprint density at radius 2 is 2.05 bits per heavy atom. The minimum absolute atomic E-state index is 0.239. The molecule has 0 radical (unpaired) electrons. The van der Waals surface area contributed by atoms with Crippen LogP contribution >= 0.6 is 11.6 Å². The van der Waals surface area contributed by atoms with E-state index in [1.165, 1.54) is 4.90 Å². The molecule has 0 unspecified atom stereocenters. The molecule has 0 bridgehead atoms. The number of hydrogen-bond donors (Lipinski definition) is 1. The van der Waals surface area contributed by atoms with Crippen molar-refractivity contribution in [1.29, 1.82) is 0 Å². The van der Waals surface area contributed by atoms with Crippen LogP contribution in [0, 0.1) is 6.92 Å². The lowest BCUT2D eigenvalue weighted by molar-refractivity contribution is -0.0981. The molecular formula is C14H22ClN3O3. The minimum Gasteiger partial charge on any atom is -0.444 e. The van der Waals surface area contributed by atoms with Gasteiger partial charge in [0.15, 0.2) is 0 Å². The highest BCUT2D eigenvalue weighted by Gasteiger charge is 2.46. The number of carbonyl (C=O) groups excluding carboxylic acids is 1. The predicted octanol–water partition coefficient (Wildman–Crippen LogP) is 1.91. The summed E-state index contributed by atoms with van der Waals surface area (Å²) in [6, 6.07) is 0. The van der Waals surface area contributed by atoms with Gasteiger partial charge in [-0.25, -0.2) is 4.79 Å². The molecule has 6 nitrogen and oxygen atoms in total. The van der Waals surface area contributed by atoms with Crippen molar-refractivity contribution in [2.24, 2.45) is 7.05 Å². The summed E-state index contributed by atoms with van der Waals surface area (Å²) in [5.74, 6) is 0. The van der Waals surface area contributed by atoms with Gasteiger partial charge in [0.05, 0.1) is 29.5 Å². The molecule has 1 aromatic rings. The van der Waals surface area contributed by atoms with Crippen molar-refractivity contribution in [2.45, 2.75) is 45.3 Å². The second-order valence-electron chi connectivity index (χ2n) is 6.71. The molecule has 1 fully saturated rings. The fourth-order valence-electron chi connectivity index (χ4n) is 2.42. The Morgan fingerprint density at radius 1 is 1.48 bits per heavy atom. The van der Waals surface area contributed by atoms with Crippen LogP contribution in [-0.2, 0) is 18.2 Å². The number of nitrogens with zero attached hydrogens (tertiary/aromatic N) is 3. The van der Waals surface area contributed by atoms with Crippen LogP contribution in [-0.4, -0.2) is 50.2 Å². The molecule has 2 heterocycles. The van der Waals surface area contributed by atoms with Gasteiger partial charge in [-0.1, -0.05) is 11.6 Å². The van der Waals surface area contributed by atoms with Gasteiger partial charge in [0.1, 0.15) is 11.2 Å². The zero-order valence-electron chi connectivity index (χ0n) is 13.1. The van der Waals surface area contributed by atoms with Crippen molar-refractivity contribution in [3.05, 3.63) is 16.4 Å². The number of aliphatic hydroxyl groups is 1.